The van der Waals surface area contributed by atoms with Crippen LogP contribution in [-0.2, 0) is 14.8 Å². The third-order valence-electron chi connectivity index (χ3n) is 3.86. The fourth-order valence-corrected chi connectivity index (χ4v) is 4.89. The van der Waals surface area contributed by atoms with Crippen LogP contribution < -0.4 is 10.0 Å². The van der Waals surface area contributed by atoms with Gasteiger partial charge in [0.2, 0.25) is 5.91 Å². The van der Waals surface area contributed by atoms with Gasteiger partial charge in [-0.1, -0.05) is 35.8 Å². The number of nitrogens with zero attached hydrogens (tertiary/aromatic N) is 1. The van der Waals surface area contributed by atoms with E-state index in [4.69, 9.17) is 16.1 Å². The summed E-state index contributed by atoms with van der Waals surface area (Å²) >= 11 is 7.11. The van der Waals surface area contributed by atoms with E-state index in [9.17, 15) is 13.2 Å². The quantitative estimate of drug-likeness (QED) is 0.525. The van der Waals surface area contributed by atoms with Crippen LogP contribution in [0.5, 0.6) is 0 Å². The molecule has 0 bridgehead atoms. The minimum absolute atomic E-state index is 0.144. The normalized spacial score (nSPS) is 11.7. The number of nitrogens with one attached hydrogen (secondary N) is 2. The van der Waals surface area contributed by atoms with Crippen LogP contribution in [0.3, 0.4) is 0 Å². The Bertz CT molecular complexity index is 1170. The molecule has 1 amide bonds. The molecule has 2 N–H and O–H groups in total. The maximum Gasteiger partial charge on any atom is 0.271 e. The minimum Gasteiger partial charge on any atom is -0.354 e. The van der Waals surface area contributed by atoms with Crippen molar-refractivity contribution in [1.82, 2.24) is 5.16 Å². The zero-order valence-electron chi connectivity index (χ0n) is 15.6. The molecular formula is C19H18ClN3O4S2. The van der Waals surface area contributed by atoms with Crippen molar-refractivity contribution >= 4 is 62.4 Å². The van der Waals surface area contributed by atoms with Crippen LogP contribution in [0.1, 0.15) is 29.7 Å². The molecule has 7 nitrogen and oxygen atoms in total. The highest BCUT2D eigenvalue weighted by molar-refractivity contribution is 7.94. The molecule has 10 heteroatoms. The van der Waals surface area contributed by atoms with E-state index in [2.05, 4.69) is 15.2 Å². The summed E-state index contributed by atoms with van der Waals surface area (Å²) in [7, 11) is -3.76. The van der Waals surface area contributed by atoms with Crippen LogP contribution in [0.4, 0.5) is 11.4 Å². The van der Waals surface area contributed by atoms with E-state index in [1.54, 1.807) is 56.3 Å². The maximum absolute atomic E-state index is 12.6. The van der Waals surface area contributed by atoms with Crippen LogP contribution in [0.2, 0.25) is 5.02 Å². The first kappa shape index (κ1) is 21.1. The summed E-state index contributed by atoms with van der Waals surface area (Å²) in [6.45, 7) is 3.47. The second-order valence-corrected chi connectivity index (χ2v) is 9.42. The lowest BCUT2D eigenvalue weighted by Crippen LogP contribution is -2.11. The number of halogens is 1. The summed E-state index contributed by atoms with van der Waals surface area (Å²) in [5.41, 5.74) is 1.37. The van der Waals surface area contributed by atoms with E-state index in [0.29, 0.717) is 39.1 Å². The first-order valence-corrected chi connectivity index (χ1v) is 11.3. The predicted molar refractivity (Wildman–Crippen MR) is 116 cm³/mol. The smallest absolute Gasteiger partial charge is 0.271 e. The molecule has 0 spiro atoms. The minimum atomic E-state index is -3.76. The summed E-state index contributed by atoms with van der Waals surface area (Å²) < 4.78 is 33.0. The summed E-state index contributed by atoms with van der Waals surface area (Å²) in [6.07, 6.45) is 3.66. The Labute approximate surface area is 177 Å². The zero-order valence-corrected chi connectivity index (χ0v) is 18.0. The Kier molecular flexibility index (Phi) is 6.41. The molecule has 0 aliphatic rings. The number of sulfonamides is 1. The molecule has 0 radical (unpaired) electrons. The molecule has 0 unspecified atom stereocenters. The van der Waals surface area contributed by atoms with Gasteiger partial charge in [0.25, 0.3) is 10.0 Å². The van der Waals surface area contributed by atoms with E-state index >= 15 is 0 Å². The molecule has 0 atom stereocenters. The number of amides is 1. The molecule has 0 saturated carbocycles. The molecule has 0 aliphatic heterocycles. The average Bonchev–Trinajstić information content (AvgIpc) is 3.30. The highest BCUT2D eigenvalue weighted by atomic mass is 35.5. The summed E-state index contributed by atoms with van der Waals surface area (Å²) in [4.78, 5) is 12.3. The lowest BCUT2D eigenvalue weighted by molar-refractivity contribution is -0.115. The first-order valence-electron chi connectivity index (χ1n) is 8.61. The van der Waals surface area contributed by atoms with Crippen LogP contribution in [0.25, 0.3) is 12.2 Å². The number of anilines is 2. The number of hydrogen-bond acceptors (Lipinski definition) is 6. The average molecular weight is 452 g/mol. The third kappa shape index (κ3) is 5.06. The number of aryl methyl sites for hydroxylation is 1. The van der Waals surface area contributed by atoms with E-state index < -0.39 is 10.0 Å². The van der Waals surface area contributed by atoms with Crippen LogP contribution >= 0.6 is 22.9 Å². The predicted octanol–water partition coefficient (Wildman–Crippen LogP) is 5.02. The molecule has 2 heterocycles. The van der Waals surface area contributed by atoms with Gasteiger partial charge in [0.05, 0.1) is 10.7 Å². The summed E-state index contributed by atoms with van der Waals surface area (Å²) in [6, 6.07) is 9.80. The molecule has 0 saturated heterocycles. The topological polar surface area (TPSA) is 101 Å². The van der Waals surface area contributed by atoms with Gasteiger partial charge in [-0.3, -0.25) is 9.52 Å². The van der Waals surface area contributed by atoms with Gasteiger partial charge in [-0.25, -0.2) is 8.42 Å². The number of para-hydroxylation sites is 1. The molecule has 3 rings (SSSR count). The van der Waals surface area contributed by atoms with Gasteiger partial charge in [-0.15, -0.1) is 11.3 Å². The van der Waals surface area contributed by atoms with E-state index in [1.807, 2.05) is 0 Å². The van der Waals surface area contributed by atoms with Gasteiger partial charge in [-0.05, 0) is 43.3 Å². The summed E-state index contributed by atoms with van der Waals surface area (Å²) in [5.74, 6) is 0.234. The molecule has 1 aromatic carbocycles. The van der Waals surface area contributed by atoms with Crippen LogP contribution in [0, 0.1) is 6.92 Å². The number of thiophene rings is 1. The Balaban J connectivity index is 1.79. The Morgan fingerprint density at radius 1 is 1.24 bits per heavy atom. The number of aromatic nitrogens is 1. The molecule has 0 aliphatic carbocycles. The molecule has 0 fully saturated rings. The lowest BCUT2D eigenvalue weighted by Gasteiger charge is -2.07. The standard InChI is InChI=1S/C19H18ClN3O4S2/c1-3-17(24)21-19-12(2)22-27-16(19)10-8-13-9-11-18(28-13)29(25,26)23-15-7-5-4-6-14(15)20/h4-11,23H,3H2,1-2H3,(H,21,24)/b10-8+. The van der Waals surface area contributed by atoms with Crippen molar-refractivity contribution in [3.63, 3.8) is 0 Å². The molecule has 2 aromatic heterocycles. The number of hydrogen-bond donors (Lipinski definition) is 2. The fraction of sp³-hybridized carbons (Fsp3) is 0.158. The largest absolute Gasteiger partial charge is 0.354 e. The van der Waals surface area contributed by atoms with Crippen molar-refractivity contribution in [1.29, 1.82) is 0 Å². The number of benzene rings is 1. The van der Waals surface area contributed by atoms with Gasteiger partial charge in [-0.2, -0.15) is 0 Å². The SMILES string of the molecule is CCC(=O)Nc1c(C)noc1/C=C/c1ccc(S(=O)(=O)Nc2ccccc2Cl)s1. The highest BCUT2D eigenvalue weighted by Gasteiger charge is 2.18. The van der Waals surface area contributed by atoms with Crippen LogP contribution in [0.15, 0.2) is 45.1 Å². The second kappa shape index (κ2) is 8.81. The Morgan fingerprint density at radius 3 is 2.72 bits per heavy atom. The van der Waals surface area contributed by atoms with Crippen molar-refractivity contribution in [2.24, 2.45) is 0 Å². The second-order valence-electron chi connectivity index (χ2n) is 5.98. The van der Waals surface area contributed by atoms with Crippen molar-refractivity contribution in [2.75, 3.05) is 10.0 Å². The zero-order chi connectivity index (χ0) is 21.0. The van der Waals surface area contributed by atoms with Gasteiger partial charge >= 0.3 is 0 Å². The van der Waals surface area contributed by atoms with Gasteiger partial charge in [0.15, 0.2) is 5.76 Å². The Hall–Kier alpha value is -2.62. The molecular weight excluding hydrogens is 434 g/mol. The summed E-state index contributed by atoms with van der Waals surface area (Å²) in [5, 5.41) is 6.92. The van der Waals surface area contributed by atoms with Crippen LogP contribution in [-0.4, -0.2) is 19.5 Å². The molecule has 29 heavy (non-hydrogen) atoms. The lowest BCUT2D eigenvalue weighted by atomic mass is 10.2. The fourth-order valence-electron chi connectivity index (χ4n) is 2.35. The Morgan fingerprint density at radius 2 is 2.00 bits per heavy atom. The number of rotatable bonds is 7. The van der Waals surface area contributed by atoms with E-state index in [-0.39, 0.29) is 10.1 Å². The molecule has 3 aromatic rings. The molecule has 152 valence electrons. The van der Waals surface area contributed by atoms with Gasteiger partial charge in [0.1, 0.15) is 15.6 Å². The first-order chi connectivity index (χ1) is 13.8. The number of carbonyl (C=O) groups is 1. The monoisotopic (exact) mass is 451 g/mol. The highest BCUT2D eigenvalue weighted by Crippen LogP contribution is 2.29. The van der Waals surface area contributed by atoms with Crippen molar-refractivity contribution in [3.8, 4) is 0 Å². The maximum atomic E-state index is 12.6. The van der Waals surface area contributed by atoms with E-state index in [0.717, 1.165) is 11.3 Å². The third-order valence-corrected chi connectivity index (χ3v) is 7.10. The number of carbonyl (C=O) groups excluding carboxylic acids is 1. The van der Waals surface area contributed by atoms with E-state index in [1.165, 1.54) is 6.07 Å². The van der Waals surface area contributed by atoms with Crippen molar-refractivity contribution < 1.29 is 17.7 Å². The van der Waals surface area contributed by atoms with Crippen molar-refractivity contribution in [3.05, 3.63) is 57.8 Å². The van der Waals surface area contributed by atoms with Gasteiger partial charge in [0, 0.05) is 11.3 Å². The van der Waals surface area contributed by atoms with Gasteiger partial charge < -0.3 is 9.84 Å². The van der Waals surface area contributed by atoms with Crippen molar-refractivity contribution in [2.45, 2.75) is 24.5 Å².